The molecule has 0 bridgehead atoms. The van der Waals surface area contributed by atoms with Gasteiger partial charge in [-0.3, -0.25) is 0 Å². The lowest BCUT2D eigenvalue weighted by atomic mass is 10.2. The van der Waals surface area contributed by atoms with E-state index in [2.05, 4.69) is 29.2 Å². The molecular weight excluding hydrogens is 371 g/mol. The first-order valence-electron chi connectivity index (χ1n) is 6.11. The van der Waals surface area contributed by atoms with Gasteiger partial charge in [0.15, 0.2) is 18.1 Å². The molecular formula is C15H19IO4. The van der Waals surface area contributed by atoms with Crippen LogP contribution in [0.5, 0.6) is 11.5 Å². The standard InChI is InChI=1S/C15H19IO4/c1-6-10-7-11(16)14(12(8-10)18-5)19-9-13(17)20-15(2,3)4/h6-8H,1,9H2,2-5H3. The number of hydrogen-bond donors (Lipinski definition) is 0. The summed E-state index contributed by atoms with van der Waals surface area (Å²) in [6.45, 7) is 9.00. The van der Waals surface area contributed by atoms with Gasteiger partial charge in [-0.05, 0) is 61.1 Å². The van der Waals surface area contributed by atoms with E-state index in [1.807, 2.05) is 26.8 Å². The molecule has 0 aliphatic heterocycles. The SMILES string of the molecule is C=Cc1cc(I)c(OCC(=O)OC(C)(C)C)c(OC)c1. The van der Waals surface area contributed by atoms with E-state index in [1.165, 1.54) is 0 Å². The molecule has 0 saturated carbocycles. The number of esters is 1. The van der Waals surface area contributed by atoms with E-state index in [1.54, 1.807) is 19.3 Å². The molecule has 0 unspecified atom stereocenters. The Hall–Kier alpha value is -1.24. The average Bonchev–Trinajstić information content (AvgIpc) is 2.34. The summed E-state index contributed by atoms with van der Waals surface area (Å²) in [4.78, 5) is 11.7. The van der Waals surface area contributed by atoms with E-state index in [0.717, 1.165) is 9.13 Å². The fourth-order valence-electron chi connectivity index (χ4n) is 1.50. The first kappa shape index (κ1) is 16.8. The number of methoxy groups -OCH3 is 1. The normalized spacial score (nSPS) is 10.8. The van der Waals surface area contributed by atoms with E-state index in [0.29, 0.717) is 11.5 Å². The molecule has 0 aromatic heterocycles. The van der Waals surface area contributed by atoms with Crippen LogP contribution in [-0.2, 0) is 9.53 Å². The molecule has 0 fully saturated rings. The van der Waals surface area contributed by atoms with Gasteiger partial charge < -0.3 is 14.2 Å². The minimum atomic E-state index is -0.523. The highest BCUT2D eigenvalue weighted by Crippen LogP contribution is 2.34. The molecule has 5 heteroatoms. The first-order valence-corrected chi connectivity index (χ1v) is 7.19. The molecule has 0 aliphatic rings. The van der Waals surface area contributed by atoms with E-state index in [-0.39, 0.29) is 6.61 Å². The summed E-state index contributed by atoms with van der Waals surface area (Å²) < 4.78 is 16.8. The highest BCUT2D eigenvalue weighted by Gasteiger charge is 2.18. The maximum absolute atomic E-state index is 11.7. The summed E-state index contributed by atoms with van der Waals surface area (Å²) in [5.41, 5.74) is 0.403. The van der Waals surface area contributed by atoms with Gasteiger partial charge in [0.05, 0.1) is 10.7 Å². The van der Waals surface area contributed by atoms with Crippen molar-refractivity contribution in [1.29, 1.82) is 0 Å². The molecule has 0 aliphatic carbocycles. The zero-order valence-corrected chi connectivity index (χ0v) is 14.3. The third-order valence-electron chi connectivity index (χ3n) is 2.24. The van der Waals surface area contributed by atoms with Gasteiger partial charge >= 0.3 is 5.97 Å². The Bertz CT molecular complexity index is 503. The Morgan fingerprint density at radius 2 is 2.05 bits per heavy atom. The molecule has 110 valence electrons. The lowest BCUT2D eigenvalue weighted by molar-refractivity contribution is -0.157. The Kier molecular flexibility index (Phi) is 5.86. The number of ether oxygens (including phenoxy) is 3. The van der Waals surface area contributed by atoms with Crippen molar-refractivity contribution in [3.8, 4) is 11.5 Å². The van der Waals surface area contributed by atoms with Gasteiger partial charge in [0.25, 0.3) is 0 Å². The number of benzene rings is 1. The molecule has 1 aromatic rings. The van der Waals surface area contributed by atoms with E-state index in [4.69, 9.17) is 14.2 Å². The van der Waals surface area contributed by atoms with Crippen LogP contribution in [-0.4, -0.2) is 25.3 Å². The Morgan fingerprint density at radius 3 is 2.55 bits per heavy atom. The topological polar surface area (TPSA) is 44.8 Å². The second-order valence-corrected chi connectivity index (χ2v) is 6.28. The van der Waals surface area contributed by atoms with Crippen LogP contribution >= 0.6 is 22.6 Å². The van der Waals surface area contributed by atoms with Crippen molar-refractivity contribution in [2.45, 2.75) is 26.4 Å². The van der Waals surface area contributed by atoms with Gasteiger partial charge in [-0.2, -0.15) is 0 Å². The largest absolute Gasteiger partial charge is 0.493 e. The van der Waals surface area contributed by atoms with Crippen LogP contribution in [0.25, 0.3) is 6.08 Å². The monoisotopic (exact) mass is 390 g/mol. The molecule has 1 aromatic carbocycles. The lowest BCUT2D eigenvalue weighted by Crippen LogP contribution is -2.27. The molecule has 4 nitrogen and oxygen atoms in total. The summed E-state index contributed by atoms with van der Waals surface area (Å²) in [6, 6.07) is 3.71. The highest BCUT2D eigenvalue weighted by molar-refractivity contribution is 14.1. The summed E-state index contributed by atoms with van der Waals surface area (Å²) in [5.74, 6) is 0.683. The molecule has 0 radical (unpaired) electrons. The quantitative estimate of drug-likeness (QED) is 0.569. The molecule has 0 spiro atoms. The van der Waals surface area contributed by atoms with Crippen LogP contribution in [0.2, 0.25) is 0 Å². The van der Waals surface area contributed by atoms with Gasteiger partial charge in [0, 0.05) is 0 Å². The summed E-state index contributed by atoms with van der Waals surface area (Å²) in [6.07, 6.45) is 1.72. The number of carbonyl (C=O) groups excluding carboxylic acids is 1. The van der Waals surface area contributed by atoms with Crippen LogP contribution in [0.1, 0.15) is 26.3 Å². The molecule has 1 rings (SSSR count). The highest BCUT2D eigenvalue weighted by atomic mass is 127. The molecule has 0 heterocycles. The second kappa shape index (κ2) is 6.97. The van der Waals surface area contributed by atoms with Crippen LogP contribution in [0.15, 0.2) is 18.7 Å². The van der Waals surface area contributed by atoms with Crippen LogP contribution in [0.3, 0.4) is 0 Å². The van der Waals surface area contributed by atoms with E-state index in [9.17, 15) is 4.79 Å². The number of halogens is 1. The van der Waals surface area contributed by atoms with Crippen molar-refractivity contribution in [3.63, 3.8) is 0 Å². The van der Waals surface area contributed by atoms with Gasteiger partial charge in [-0.15, -0.1) is 0 Å². The summed E-state index contributed by atoms with van der Waals surface area (Å²) in [7, 11) is 1.55. The molecule has 0 amide bonds. The van der Waals surface area contributed by atoms with Crippen LogP contribution < -0.4 is 9.47 Å². The minimum Gasteiger partial charge on any atom is -0.493 e. The van der Waals surface area contributed by atoms with Gasteiger partial charge in [-0.1, -0.05) is 12.7 Å². The zero-order valence-electron chi connectivity index (χ0n) is 12.2. The predicted molar refractivity (Wildman–Crippen MR) is 87.1 cm³/mol. The van der Waals surface area contributed by atoms with Crippen molar-refractivity contribution in [2.75, 3.05) is 13.7 Å². The fraction of sp³-hybridized carbons (Fsp3) is 0.400. The Morgan fingerprint density at radius 1 is 1.40 bits per heavy atom. The number of rotatable bonds is 5. The third kappa shape index (κ3) is 5.03. The number of hydrogen-bond acceptors (Lipinski definition) is 4. The van der Waals surface area contributed by atoms with Gasteiger partial charge in [0.2, 0.25) is 0 Å². The zero-order chi connectivity index (χ0) is 15.3. The maximum atomic E-state index is 11.7. The lowest BCUT2D eigenvalue weighted by Gasteiger charge is -2.20. The second-order valence-electron chi connectivity index (χ2n) is 5.11. The molecule has 0 N–H and O–H groups in total. The van der Waals surface area contributed by atoms with Crippen molar-refractivity contribution < 1.29 is 19.0 Å². The minimum absolute atomic E-state index is 0.156. The van der Waals surface area contributed by atoms with E-state index >= 15 is 0 Å². The molecule has 0 atom stereocenters. The van der Waals surface area contributed by atoms with Crippen molar-refractivity contribution in [1.82, 2.24) is 0 Å². The molecule has 0 saturated heterocycles. The van der Waals surface area contributed by atoms with Crippen LogP contribution in [0, 0.1) is 3.57 Å². The van der Waals surface area contributed by atoms with Crippen molar-refractivity contribution in [3.05, 3.63) is 27.8 Å². The summed E-state index contributed by atoms with van der Waals surface area (Å²) in [5, 5.41) is 0. The maximum Gasteiger partial charge on any atom is 0.344 e. The van der Waals surface area contributed by atoms with Gasteiger partial charge in [-0.25, -0.2) is 4.79 Å². The number of carbonyl (C=O) groups is 1. The van der Waals surface area contributed by atoms with E-state index < -0.39 is 11.6 Å². The summed E-state index contributed by atoms with van der Waals surface area (Å²) >= 11 is 2.13. The Balaban J connectivity index is 2.82. The van der Waals surface area contributed by atoms with Crippen molar-refractivity contribution >= 4 is 34.6 Å². The first-order chi connectivity index (χ1) is 9.26. The predicted octanol–water partition coefficient (Wildman–Crippen LogP) is 3.66. The molecule has 20 heavy (non-hydrogen) atoms. The van der Waals surface area contributed by atoms with Crippen LogP contribution in [0.4, 0.5) is 0 Å². The fourth-order valence-corrected chi connectivity index (χ4v) is 2.28. The third-order valence-corrected chi connectivity index (χ3v) is 3.04. The van der Waals surface area contributed by atoms with Gasteiger partial charge in [0.1, 0.15) is 5.60 Å². The average molecular weight is 390 g/mol. The van der Waals surface area contributed by atoms with Crippen molar-refractivity contribution in [2.24, 2.45) is 0 Å². The smallest absolute Gasteiger partial charge is 0.344 e. The Labute approximate surface area is 133 Å².